The summed E-state index contributed by atoms with van der Waals surface area (Å²) in [7, 11) is 0. The highest BCUT2D eigenvalue weighted by Gasteiger charge is 2.16. The molecule has 1 atom stereocenters. The molecule has 0 fully saturated rings. The Bertz CT molecular complexity index is 1400. The first-order valence-electron chi connectivity index (χ1n) is 12.5. The Morgan fingerprint density at radius 3 is 2.35 bits per heavy atom. The molecule has 0 saturated heterocycles. The molecule has 0 amide bonds. The van der Waals surface area contributed by atoms with E-state index in [1.54, 1.807) is 10.7 Å². The van der Waals surface area contributed by atoms with Crippen LogP contribution >= 0.6 is 0 Å². The number of hydrogen-bond acceptors (Lipinski definition) is 10. The Hall–Kier alpha value is -4.93. The van der Waals surface area contributed by atoms with E-state index in [0.717, 1.165) is 40.5 Å². The molecular formula is C28H33N7O5. The van der Waals surface area contributed by atoms with Gasteiger partial charge >= 0.3 is 12.1 Å². The number of rotatable bonds is 10. The maximum Gasteiger partial charge on any atom is 0.373 e. The first-order valence-corrected chi connectivity index (χ1v) is 12.5. The summed E-state index contributed by atoms with van der Waals surface area (Å²) in [6.07, 6.45) is 5.49. The molecule has 4 rings (SSSR count). The van der Waals surface area contributed by atoms with E-state index in [2.05, 4.69) is 75.4 Å². The van der Waals surface area contributed by atoms with Crippen molar-refractivity contribution in [2.24, 2.45) is 0 Å². The van der Waals surface area contributed by atoms with Crippen LogP contribution < -0.4 is 10.6 Å². The minimum absolute atomic E-state index is 0.0206. The van der Waals surface area contributed by atoms with Crippen LogP contribution in [-0.4, -0.2) is 59.5 Å². The zero-order chi connectivity index (χ0) is 29.5. The van der Waals surface area contributed by atoms with Crippen LogP contribution in [0, 0.1) is 0 Å². The summed E-state index contributed by atoms with van der Waals surface area (Å²) in [6, 6.07) is 14.1. The van der Waals surface area contributed by atoms with Gasteiger partial charge in [-0.1, -0.05) is 57.7 Å². The van der Waals surface area contributed by atoms with Crippen LogP contribution in [-0.2, 0) is 20.9 Å². The number of aliphatic hydroxyl groups is 1. The van der Waals surface area contributed by atoms with Crippen LogP contribution in [0.25, 0.3) is 16.9 Å². The lowest BCUT2D eigenvalue weighted by Crippen LogP contribution is -2.24. The van der Waals surface area contributed by atoms with E-state index in [4.69, 9.17) is 14.7 Å². The number of carboxylic acids is 1. The van der Waals surface area contributed by atoms with Gasteiger partial charge in [0.2, 0.25) is 11.9 Å². The third kappa shape index (κ3) is 9.12. The number of benzene rings is 1. The van der Waals surface area contributed by atoms with Gasteiger partial charge < -0.3 is 20.8 Å². The molecule has 0 aliphatic rings. The minimum Gasteiger partial charge on any atom is -0.478 e. The molecule has 1 aromatic carbocycles. The maximum atomic E-state index is 9.57. The van der Waals surface area contributed by atoms with Gasteiger partial charge in [0.05, 0.1) is 24.5 Å². The van der Waals surface area contributed by atoms with Gasteiger partial charge in [0.25, 0.3) is 0 Å². The number of hydrogen-bond donors (Lipinski definition) is 4. The van der Waals surface area contributed by atoms with E-state index < -0.39 is 5.97 Å². The Kier molecular flexibility index (Phi) is 12.6. The van der Waals surface area contributed by atoms with Crippen LogP contribution in [0.1, 0.15) is 44.2 Å². The molecule has 4 aromatic rings. The smallest absolute Gasteiger partial charge is 0.373 e. The van der Waals surface area contributed by atoms with Crippen molar-refractivity contribution in [2.75, 3.05) is 17.2 Å². The number of aliphatic hydroxyl groups excluding tert-OH is 1. The van der Waals surface area contributed by atoms with Crippen molar-refractivity contribution in [3.05, 3.63) is 78.6 Å². The lowest BCUT2D eigenvalue weighted by atomic mass is 10.1. The summed E-state index contributed by atoms with van der Waals surface area (Å²) in [5.41, 5.74) is 4.96. The van der Waals surface area contributed by atoms with E-state index in [1.807, 2.05) is 31.3 Å². The molecule has 0 aliphatic carbocycles. The van der Waals surface area contributed by atoms with Crippen molar-refractivity contribution in [1.29, 1.82) is 0 Å². The SMILES string of the molecule is C=CC(=O)O.CC[C@H](CO)Nc1nc(NCc2ccc(-c3ccccn3)cc2)n2ncc(C(C)C)c2n1.O=C=O. The highest BCUT2D eigenvalue weighted by molar-refractivity contribution is 5.78. The van der Waals surface area contributed by atoms with E-state index in [0.29, 0.717) is 18.4 Å². The summed E-state index contributed by atoms with van der Waals surface area (Å²) in [4.78, 5) is 39.2. The number of carbonyl (C=O) groups is 1. The van der Waals surface area contributed by atoms with Gasteiger partial charge in [-0.15, -0.1) is 0 Å². The molecule has 0 saturated carbocycles. The van der Waals surface area contributed by atoms with Gasteiger partial charge in [0.15, 0.2) is 5.65 Å². The second-order valence-electron chi connectivity index (χ2n) is 8.68. The Labute approximate surface area is 231 Å². The third-order valence-corrected chi connectivity index (χ3v) is 5.60. The molecule has 0 aliphatic heterocycles. The fourth-order valence-electron chi connectivity index (χ4n) is 3.45. The summed E-state index contributed by atoms with van der Waals surface area (Å²) in [5, 5.41) is 28.3. The van der Waals surface area contributed by atoms with E-state index in [9.17, 15) is 9.90 Å². The summed E-state index contributed by atoms with van der Waals surface area (Å²) >= 11 is 0. The summed E-state index contributed by atoms with van der Waals surface area (Å²) < 4.78 is 1.74. The standard InChI is InChI=1S/C24H29N7O.C3H4O2.CO2/c1-4-19(15-32)28-23-29-22-20(16(2)3)14-27-31(22)24(30-23)26-13-17-8-10-18(11-9-17)21-7-5-6-12-25-21;1-2-3(4)5;2-1-3/h5-12,14,16,19,32H,4,13,15H2,1-3H3,(H2,26,28,29,30);2H,1H2,(H,4,5);/t19-;;/m1../s1. The number of aliphatic carboxylic acids is 1. The topological polar surface area (TPSA) is 172 Å². The third-order valence-electron chi connectivity index (χ3n) is 5.60. The second-order valence-corrected chi connectivity index (χ2v) is 8.68. The number of carbonyl (C=O) groups excluding carboxylic acids is 2. The van der Waals surface area contributed by atoms with E-state index >= 15 is 0 Å². The van der Waals surface area contributed by atoms with Crippen LogP contribution in [0.5, 0.6) is 0 Å². The molecule has 0 unspecified atom stereocenters. The van der Waals surface area contributed by atoms with Gasteiger partial charge in [0.1, 0.15) is 0 Å². The second kappa shape index (κ2) is 16.1. The van der Waals surface area contributed by atoms with Crippen molar-refractivity contribution >= 4 is 29.7 Å². The normalized spacial score (nSPS) is 10.8. The fraction of sp³-hybridized carbons (Fsp3) is 0.286. The van der Waals surface area contributed by atoms with Crippen molar-refractivity contribution in [2.45, 2.75) is 45.7 Å². The highest BCUT2D eigenvalue weighted by Crippen LogP contribution is 2.23. The molecule has 12 heteroatoms. The predicted molar refractivity (Wildman–Crippen MR) is 149 cm³/mol. The maximum absolute atomic E-state index is 9.57. The molecule has 40 heavy (non-hydrogen) atoms. The van der Waals surface area contributed by atoms with Gasteiger partial charge in [-0.05, 0) is 30.0 Å². The minimum atomic E-state index is -0.981. The van der Waals surface area contributed by atoms with Gasteiger partial charge in [0, 0.05) is 29.9 Å². The molecule has 12 nitrogen and oxygen atoms in total. The van der Waals surface area contributed by atoms with E-state index in [1.165, 1.54) is 0 Å². The van der Waals surface area contributed by atoms with Crippen LogP contribution in [0.4, 0.5) is 11.9 Å². The number of nitrogens with zero attached hydrogens (tertiary/aromatic N) is 5. The van der Waals surface area contributed by atoms with Crippen LogP contribution in [0.15, 0.2) is 67.5 Å². The average molecular weight is 548 g/mol. The van der Waals surface area contributed by atoms with Crippen molar-refractivity contribution in [3.8, 4) is 11.3 Å². The van der Waals surface area contributed by atoms with Crippen LogP contribution in [0.3, 0.4) is 0 Å². The number of aromatic nitrogens is 5. The zero-order valence-electron chi connectivity index (χ0n) is 22.6. The molecule has 0 spiro atoms. The molecule has 3 aromatic heterocycles. The van der Waals surface area contributed by atoms with Crippen molar-refractivity contribution < 1.29 is 24.6 Å². The van der Waals surface area contributed by atoms with Crippen molar-refractivity contribution in [3.63, 3.8) is 0 Å². The molecule has 0 bridgehead atoms. The van der Waals surface area contributed by atoms with Crippen molar-refractivity contribution in [1.82, 2.24) is 24.6 Å². The Morgan fingerprint density at radius 2 is 1.82 bits per heavy atom. The fourth-order valence-corrected chi connectivity index (χ4v) is 3.45. The number of nitrogens with one attached hydrogen (secondary N) is 2. The summed E-state index contributed by atoms with van der Waals surface area (Å²) in [6.45, 7) is 9.81. The van der Waals surface area contributed by atoms with Gasteiger partial charge in [-0.3, -0.25) is 4.98 Å². The number of fused-ring (bicyclic) bond motifs is 1. The Balaban J connectivity index is 0.000000621. The number of anilines is 2. The predicted octanol–water partition coefficient (Wildman–Crippen LogP) is 3.78. The molecule has 3 heterocycles. The van der Waals surface area contributed by atoms with Crippen LogP contribution in [0.2, 0.25) is 0 Å². The quantitative estimate of drug-likeness (QED) is 0.213. The largest absolute Gasteiger partial charge is 0.478 e. The molecule has 0 radical (unpaired) electrons. The summed E-state index contributed by atoms with van der Waals surface area (Å²) in [5.74, 6) is 0.381. The number of pyridine rings is 1. The lowest BCUT2D eigenvalue weighted by molar-refractivity contribution is -0.191. The zero-order valence-corrected chi connectivity index (χ0v) is 22.6. The average Bonchev–Trinajstić information content (AvgIpc) is 3.40. The Morgan fingerprint density at radius 1 is 1.15 bits per heavy atom. The van der Waals surface area contributed by atoms with E-state index in [-0.39, 0.29) is 24.7 Å². The lowest BCUT2D eigenvalue weighted by Gasteiger charge is -2.16. The molecule has 210 valence electrons. The number of carboxylic acid groups (broad SMARTS) is 1. The monoisotopic (exact) mass is 547 g/mol. The molecular weight excluding hydrogens is 514 g/mol. The van der Waals surface area contributed by atoms with Gasteiger partial charge in [-0.2, -0.15) is 29.2 Å². The first-order chi connectivity index (χ1) is 19.3. The molecule has 4 N–H and O–H groups in total. The first kappa shape index (κ1) is 31.3. The highest BCUT2D eigenvalue weighted by atomic mass is 16.4. The van der Waals surface area contributed by atoms with Gasteiger partial charge in [-0.25, -0.2) is 4.79 Å².